The summed E-state index contributed by atoms with van der Waals surface area (Å²) in [6.07, 6.45) is 5.63. The fourth-order valence-corrected chi connectivity index (χ4v) is 2.89. The van der Waals surface area contributed by atoms with Gasteiger partial charge in [-0.05, 0) is 43.6 Å². The number of nitrogens with one attached hydrogen (secondary N) is 2. The third-order valence-corrected chi connectivity index (χ3v) is 4.08. The van der Waals surface area contributed by atoms with Crippen LogP contribution >= 0.6 is 0 Å². The fraction of sp³-hybridized carbons (Fsp3) is 0.588. The highest BCUT2D eigenvalue weighted by Gasteiger charge is 2.20. The quantitative estimate of drug-likeness (QED) is 0.705. The Hall–Kier alpha value is -1.55. The molecule has 0 aliphatic heterocycles. The Bertz CT molecular complexity index is 422. The van der Waals surface area contributed by atoms with Crippen molar-refractivity contribution in [2.45, 2.75) is 44.6 Å². The van der Waals surface area contributed by atoms with E-state index in [2.05, 4.69) is 22.8 Å². The van der Waals surface area contributed by atoms with Crippen molar-refractivity contribution in [1.82, 2.24) is 10.6 Å². The smallest absolute Gasteiger partial charge is 0.314 e. The molecule has 1 fully saturated rings. The number of amides is 2. The molecular weight excluding hydrogens is 264 g/mol. The van der Waals surface area contributed by atoms with Crippen LogP contribution in [0.25, 0.3) is 0 Å². The molecule has 4 nitrogen and oxygen atoms in total. The predicted octanol–water partition coefficient (Wildman–Crippen LogP) is 2.47. The average Bonchev–Trinajstić information content (AvgIpc) is 2.51. The second-order valence-corrected chi connectivity index (χ2v) is 5.91. The van der Waals surface area contributed by atoms with Crippen LogP contribution in [-0.2, 0) is 6.42 Å². The second-order valence-electron chi connectivity index (χ2n) is 5.91. The van der Waals surface area contributed by atoms with Crippen LogP contribution in [0.15, 0.2) is 30.3 Å². The number of aliphatic hydroxyl groups excluding tert-OH is 1. The minimum absolute atomic E-state index is 0.0943. The number of hydrogen-bond donors (Lipinski definition) is 3. The lowest BCUT2D eigenvalue weighted by molar-refractivity contribution is 0.101. The number of hydrogen-bond acceptors (Lipinski definition) is 2. The van der Waals surface area contributed by atoms with Gasteiger partial charge in [0.1, 0.15) is 0 Å². The monoisotopic (exact) mass is 290 g/mol. The Morgan fingerprint density at radius 2 is 2.00 bits per heavy atom. The molecule has 0 bridgehead atoms. The van der Waals surface area contributed by atoms with Crippen LogP contribution in [0.1, 0.15) is 37.7 Å². The molecule has 1 saturated carbocycles. The van der Waals surface area contributed by atoms with E-state index in [1.807, 2.05) is 18.2 Å². The summed E-state index contributed by atoms with van der Waals surface area (Å²) in [6.45, 7) is 1.36. The van der Waals surface area contributed by atoms with E-state index < -0.39 is 0 Å². The summed E-state index contributed by atoms with van der Waals surface area (Å²) in [5.74, 6) is 0.420. The van der Waals surface area contributed by atoms with Gasteiger partial charge < -0.3 is 15.7 Å². The largest absolute Gasteiger partial charge is 0.393 e. The highest BCUT2D eigenvalue weighted by Crippen LogP contribution is 2.23. The molecule has 1 aromatic carbocycles. The Morgan fingerprint density at radius 1 is 1.19 bits per heavy atom. The Balaban J connectivity index is 1.53. The number of carbonyl (C=O) groups is 1. The molecule has 3 N–H and O–H groups in total. The molecule has 0 radical (unpaired) electrons. The van der Waals surface area contributed by atoms with Crippen molar-refractivity contribution >= 4 is 6.03 Å². The van der Waals surface area contributed by atoms with Crippen molar-refractivity contribution in [3.8, 4) is 0 Å². The molecule has 0 spiro atoms. The summed E-state index contributed by atoms with van der Waals surface area (Å²) in [7, 11) is 0. The van der Waals surface area contributed by atoms with Crippen LogP contribution in [0, 0.1) is 5.92 Å². The van der Waals surface area contributed by atoms with Gasteiger partial charge in [-0.1, -0.05) is 36.8 Å². The topological polar surface area (TPSA) is 61.4 Å². The molecule has 0 saturated heterocycles. The first-order chi connectivity index (χ1) is 10.2. The number of aryl methyl sites for hydroxylation is 1. The molecule has 0 heterocycles. The summed E-state index contributed by atoms with van der Waals surface area (Å²) in [6, 6.07) is 10.2. The van der Waals surface area contributed by atoms with Gasteiger partial charge in [0.2, 0.25) is 0 Å². The van der Waals surface area contributed by atoms with E-state index in [1.54, 1.807) is 0 Å². The predicted molar refractivity (Wildman–Crippen MR) is 84.1 cm³/mol. The molecule has 116 valence electrons. The number of urea groups is 1. The first-order valence-corrected chi connectivity index (χ1v) is 7.97. The molecule has 2 rings (SSSR count). The van der Waals surface area contributed by atoms with E-state index in [1.165, 1.54) is 5.56 Å². The second kappa shape index (κ2) is 8.67. The van der Waals surface area contributed by atoms with Crippen LogP contribution in [0.2, 0.25) is 0 Å². The zero-order chi connectivity index (χ0) is 14.9. The van der Waals surface area contributed by atoms with Crippen LogP contribution in [0.4, 0.5) is 4.79 Å². The van der Waals surface area contributed by atoms with Crippen LogP contribution in [0.5, 0.6) is 0 Å². The molecule has 4 heteroatoms. The van der Waals surface area contributed by atoms with Gasteiger partial charge in [-0.2, -0.15) is 0 Å². The normalized spacial score (nSPS) is 21.8. The maximum absolute atomic E-state index is 11.7. The van der Waals surface area contributed by atoms with Crippen molar-refractivity contribution in [3.63, 3.8) is 0 Å². The van der Waals surface area contributed by atoms with Crippen molar-refractivity contribution in [2.24, 2.45) is 5.92 Å². The summed E-state index contributed by atoms with van der Waals surface area (Å²) >= 11 is 0. The van der Waals surface area contributed by atoms with E-state index >= 15 is 0 Å². The molecule has 0 aromatic heterocycles. The van der Waals surface area contributed by atoms with E-state index in [0.29, 0.717) is 19.0 Å². The molecule has 2 unspecified atom stereocenters. The first-order valence-electron chi connectivity index (χ1n) is 7.97. The van der Waals surface area contributed by atoms with Gasteiger partial charge in [0.05, 0.1) is 6.10 Å². The van der Waals surface area contributed by atoms with Gasteiger partial charge in [-0.25, -0.2) is 4.79 Å². The summed E-state index contributed by atoms with van der Waals surface area (Å²) < 4.78 is 0. The fourth-order valence-electron chi connectivity index (χ4n) is 2.89. The first kappa shape index (κ1) is 15.8. The zero-order valence-electron chi connectivity index (χ0n) is 12.6. The van der Waals surface area contributed by atoms with E-state index in [0.717, 1.165) is 38.5 Å². The lowest BCUT2D eigenvalue weighted by Gasteiger charge is -2.25. The molecule has 2 atom stereocenters. The van der Waals surface area contributed by atoms with Gasteiger partial charge in [0, 0.05) is 13.1 Å². The van der Waals surface area contributed by atoms with Crippen LogP contribution in [0.3, 0.4) is 0 Å². The third kappa shape index (κ3) is 6.17. The van der Waals surface area contributed by atoms with E-state index in [-0.39, 0.29) is 12.1 Å². The van der Waals surface area contributed by atoms with Crippen LogP contribution < -0.4 is 10.6 Å². The molecular formula is C17H26N2O2. The zero-order valence-corrected chi connectivity index (χ0v) is 12.6. The Morgan fingerprint density at radius 3 is 2.76 bits per heavy atom. The highest BCUT2D eigenvalue weighted by atomic mass is 16.3. The third-order valence-electron chi connectivity index (χ3n) is 4.08. The van der Waals surface area contributed by atoms with Gasteiger partial charge in [0.15, 0.2) is 0 Å². The standard InChI is InChI=1S/C17H26N2O2/c20-16-10-4-8-15(12-16)13-19-17(21)18-11-5-9-14-6-2-1-3-7-14/h1-3,6-7,15-16,20H,4-5,8-13H2,(H2,18,19,21). The van der Waals surface area contributed by atoms with Gasteiger partial charge >= 0.3 is 6.03 Å². The minimum Gasteiger partial charge on any atom is -0.393 e. The highest BCUT2D eigenvalue weighted by molar-refractivity contribution is 5.73. The van der Waals surface area contributed by atoms with E-state index in [9.17, 15) is 9.90 Å². The summed E-state index contributed by atoms with van der Waals surface area (Å²) in [4.78, 5) is 11.7. The maximum Gasteiger partial charge on any atom is 0.314 e. The summed E-state index contributed by atoms with van der Waals surface area (Å²) in [5, 5.41) is 15.4. The van der Waals surface area contributed by atoms with E-state index in [4.69, 9.17) is 0 Å². The maximum atomic E-state index is 11.7. The Labute approximate surface area is 126 Å². The molecule has 1 aliphatic carbocycles. The lowest BCUT2D eigenvalue weighted by Crippen LogP contribution is -2.40. The molecule has 21 heavy (non-hydrogen) atoms. The Kier molecular flexibility index (Phi) is 6.54. The van der Waals surface area contributed by atoms with Crippen molar-refractivity contribution < 1.29 is 9.90 Å². The van der Waals surface area contributed by atoms with Crippen molar-refractivity contribution in [3.05, 3.63) is 35.9 Å². The van der Waals surface area contributed by atoms with Gasteiger partial charge in [-0.15, -0.1) is 0 Å². The number of carbonyl (C=O) groups excluding carboxylic acids is 1. The van der Waals surface area contributed by atoms with Crippen molar-refractivity contribution in [2.75, 3.05) is 13.1 Å². The van der Waals surface area contributed by atoms with Gasteiger partial charge in [0.25, 0.3) is 0 Å². The molecule has 2 amide bonds. The summed E-state index contributed by atoms with van der Waals surface area (Å²) in [5.41, 5.74) is 1.30. The SMILES string of the molecule is O=C(NCCCc1ccccc1)NCC1CCCC(O)C1. The molecule has 1 aliphatic rings. The number of rotatable bonds is 6. The average molecular weight is 290 g/mol. The number of benzene rings is 1. The lowest BCUT2D eigenvalue weighted by atomic mass is 9.87. The van der Waals surface area contributed by atoms with Crippen LogP contribution in [-0.4, -0.2) is 30.3 Å². The minimum atomic E-state index is -0.181. The molecule has 1 aromatic rings. The number of aliphatic hydroxyl groups is 1. The van der Waals surface area contributed by atoms with Gasteiger partial charge in [-0.3, -0.25) is 0 Å². The van der Waals surface area contributed by atoms with Crippen molar-refractivity contribution in [1.29, 1.82) is 0 Å².